The number of hydrogen-bond donors (Lipinski definition) is 0. The fourth-order valence-electron chi connectivity index (χ4n) is 1.64. The lowest BCUT2D eigenvalue weighted by molar-refractivity contribution is 0.408. The maximum Gasteiger partial charge on any atom is 0.136 e. The van der Waals surface area contributed by atoms with Gasteiger partial charge in [0.2, 0.25) is 0 Å². The topological polar surface area (TPSA) is 33.0 Å². The number of rotatable bonds is 2. The highest BCUT2D eigenvalue weighted by Crippen LogP contribution is 2.36. The van der Waals surface area contributed by atoms with Crippen LogP contribution in [0.15, 0.2) is 10.5 Å². The van der Waals surface area contributed by atoms with E-state index in [0.717, 1.165) is 26.9 Å². The van der Waals surface area contributed by atoms with Gasteiger partial charge in [-0.1, -0.05) is 6.07 Å². The van der Waals surface area contributed by atoms with Gasteiger partial charge in [-0.3, -0.25) is 0 Å². The predicted molar refractivity (Wildman–Crippen MR) is 64.2 cm³/mol. The molecular formula is C12H14BrNO. The Morgan fingerprint density at radius 2 is 2.07 bits per heavy atom. The van der Waals surface area contributed by atoms with E-state index >= 15 is 0 Å². The van der Waals surface area contributed by atoms with Crippen LogP contribution in [0.5, 0.6) is 5.75 Å². The predicted octanol–water partition coefficient (Wildman–Crippen LogP) is 3.70. The quantitative estimate of drug-likeness (QED) is 0.819. The Labute approximate surface area is 99.0 Å². The van der Waals surface area contributed by atoms with E-state index in [1.807, 2.05) is 26.8 Å². The molecule has 80 valence electrons. The van der Waals surface area contributed by atoms with E-state index in [2.05, 4.69) is 22.0 Å². The van der Waals surface area contributed by atoms with E-state index < -0.39 is 0 Å². The fraction of sp³-hybridized carbons (Fsp3) is 0.417. The van der Waals surface area contributed by atoms with E-state index in [-0.39, 0.29) is 5.92 Å². The monoisotopic (exact) mass is 267 g/mol. The van der Waals surface area contributed by atoms with Crippen LogP contribution in [0.3, 0.4) is 0 Å². The molecule has 0 saturated carbocycles. The second-order valence-electron chi connectivity index (χ2n) is 3.61. The highest BCUT2D eigenvalue weighted by molar-refractivity contribution is 9.10. The number of nitriles is 1. The van der Waals surface area contributed by atoms with Crippen molar-refractivity contribution >= 4 is 15.9 Å². The normalized spacial score (nSPS) is 12.0. The average Bonchev–Trinajstić information content (AvgIpc) is 2.23. The summed E-state index contributed by atoms with van der Waals surface area (Å²) in [6.07, 6.45) is 0. The minimum Gasteiger partial charge on any atom is -0.495 e. The third-order valence-electron chi connectivity index (χ3n) is 2.56. The van der Waals surface area contributed by atoms with Crippen LogP contribution < -0.4 is 4.74 Å². The van der Waals surface area contributed by atoms with Crippen molar-refractivity contribution in [3.05, 3.63) is 27.2 Å². The van der Waals surface area contributed by atoms with Crippen LogP contribution in [0.25, 0.3) is 0 Å². The number of benzene rings is 1. The smallest absolute Gasteiger partial charge is 0.136 e. The Balaban J connectivity index is 3.45. The third-order valence-corrected chi connectivity index (χ3v) is 3.54. The van der Waals surface area contributed by atoms with Gasteiger partial charge in [0.25, 0.3) is 0 Å². The number of nitrogens with zero attached hydrogens (tertiary/aromatic N) is 1. The molecule has 0 saturated heterocycles. The molecular weight excluding hydrogens is 254 g/mol. The van der Waals surface area contributed by atoms with Crippen LogP contribution in [0, 0.1) is 25.2 Å². The first kappa shape index (κ1) is 12.1. The van der Waals surface area contributed by atoms with Gasteiger partial charge in [-0.2, -0.15) is 5.26 Å². The summed E-state index contributed by atoms with van der Waals surface area (Å²) in [7, 11) is 1.65. The van der Waals surface area contributed by atoms with Crippen molar-refractivity contribution in [2.45, 2.75) is 26.7 Å². The molecule has 0 aromatic heterocycles. The molecule has 3 heteroatoms. The number of ether oxygens (including phenoxy) is 1. The lowest BCUT2D eigenvalue weighted by atomic mass is 9.95. The van der Waals surface area contributed by atoms with Crippen LogP contribution in [-0.2, 0) is 0 Å². The van der Waals surface area contributed by atoms with E-state index in [4.69, 9.17) is 10.00 Å². The van der Waals surface area contributed by atoms with Gasteiger partial charge < -0.3 is 4.74 Å². The summed E-state index contributed by atoms with van der Waals surface area (Å²) in [5.74, 6) is 0.720. The van der Waals surface area contributed by atoms with Gasteiger partial charge in [-0.05, 0) is 53.4 Å². The maximum absolute atomic E-state index is 8.93. The molecule has 2 nitrogen and oxygen atoms in total. The number of methoxy groups -OCH3 is 1. The Hall–Kier alpha value is -1.01. The Kier molecular flexibility index (Phi) is 3.76. The zero-order valence-electron chi connectivity index (χ0n) is 9.39. The van der Waals surface area contributed by atoms with Gasteiger partial charge in [-0.15, -0.1) is 0 Å². The van der Waals surface area contributed by atoms with Gasteiger partial charge in [0, 0.05) is 0 Å². The lowest BCUT2D eigenvalue weighted by Gasteiger charge is -2.15. The van der Waals surface area contributed by atoms with Gasteiger partial charge in [0.15, 0.2) is 0 Å². The van der Waals surface area contributed by atoms with Crippen LogP contribution in [0.4, 0.5) is 0 Å². The summed E-state index contributed by atoms with van der Waals surface area (Å²) >= 11 is 3.49. The minimum atomic E-state index is -0.106. The third kappa shape index (κ3) is 2.15. The summed E-state index contributed by atoms with van der Waals surface area (Å²) in [6.45, 7) is 5.88. The van der Waals surface area contributed by atoms with Crippen LogP contribution in [-0.4, -0.2) is 7.11 Å². The molecule has 0 aliphatic heterocycles. The molecule has 1 aromatic carbocycles. The molecule has 1 rings (SSSR count). The van der Waals surface area contributed by atoms with Crippen LogP contribution >= 0.6 is 15.9 Å². The van der Waals surface area contributed by atoms with Crippen molar-refractivity contribution in [1.82, 2.24) is 0 Å². The van der Waals surface area contributed by atoms with Crippen molar-refractivity contribution in [2.75, 3.05) is 7.11 Å². The molecule has 0 aliphatic carbocycles. The van der Waals surface area contributed by atoms with Crippen molar-refractivity contribution in [2.24, 2.45) is 0 Å². The molecule has 0 bridgehead atoms. The molecule has 1 aromatic rings. The largest absolute Gasteiger partial charge is 0.495 e. The summed E-state index contributed by atoms with van der Waals surface area (Å²) in [5, 5.41) is 8.93. The first-order valence-electron chi connectivity index (χ1n) is 4.76. The Morgan fingerprint density at radius 1 is 1.47 bits per heavy atom. The molecule has 0 N–H and O–H groups in total. The second-order valence-corrected chi connectivity index (χ2v) is 4.40. The van der Waals surface area contributed by atoms with Gasteiger partial charge in [0.1, 0.15) is 5.75 Å². The molecule has 1 atom stereocenters. The van der Waals surface area contributed by atoms with E-state index in [1.165, 1.54) is 0 Å². The van der Waals surface area contributed by atoms with Crippen molar-refractivity contribution in [3.63, 3.8) is 0 Å². The zero-order valence-corrected chi connectivity index (χ0v) is 11.0. The molecule has 0 heterocycles. The number of halogens is 1. The van der Waals surface area contributed by atoms with Crippen LogP contribution in [0.1, 0.15) is 29.5 Å². The van der Waals surface area contributed by atoms with Crippen molar-refractivity contribution in [1.29, 1.82) is 5.26 Å². The van der Waals surface area contributed by atoms with E-state index in [0.29, 0.717) is 0 Å². The standard InChI is InChI=1S/C12H14BrNO/c1-7-5-10(8(2)6-14)9(3)12(15-4)11(7)13/h5,8H,1-4H3. The molecule has 0 spiro atoms. The summed E-state index contributed by atoms with van der Waals surface area (Å²) in [4.78, 5) is 0. The second kappa shape index (κ2) is 4.67. The first-order chi connectivity index (χ1) is 7.02. The fourth-order valence-corrected chi connectivity index (χ4v) is 2.22. The Bertz CT molecular complexity index is 421. The summed E-state index contributed by atoms with van der Waals surface area (Å²) in [5.41, 5.74) is 3.16. The molecule has 0 aliphatic rings. The van der Waals surface area contributed by atoms with E-state index in [9.17, 15) is 0 Å². The summed E-state index contributed by atoms with van der Waals surface area (Å²) in [6, 6.07) is 4.29. The highest BCUT2D eigenvalue weighted by Gasteiger charge is 2.15. The van der Waals surface area contributed by atoms with Crippen LogP contribution in [0.2, 0.25) is 0 Å². The molecule has 0 fully saturated rings. The number of aryl methyl sites for hydroxylation is 1. The first-order valence-corrected chi connectivity index (χ1v) is 5.55. The van der Waals surface area contributed by atoms with Crippen molar-refractivity contribution in [3.8, 4) is 11.8 Å². The van der Waals surface area contributed by atoms with E-state index in [1.54, 1.807) is 7.11 Å². The van der Waals surface area contributed by atoms with Gasteiger partial charge in [0.05, 0.1) is 23.6 Å². The SMILES string of the molecule is COc1c(C)c(C(C)C#N)cc(C)c1Br. The lowest BCUT2D eigenvalue weighted by Crippen LogP contribution is -1.99. The highest BCUT2D eigenvalue weighted by atomic mass is 79.9. The zero-order chi connectivity index (χ0) is 11.6. The molecule has 0 amide bonds. The van der Waals surface area contributed by atoms with Gasteiger partial charge in [-0.25, -0.2) is 0 Å². The Morgan fingerprint density at radius 3 is 2.53 bits per heavy atom. The molecule has 15 heavy (non-hydrogen) atoms. The molecule has 1 unspecified atom stereocenters. The minimum absolute atomic E-state index is 0.106. The molecule has 0 radical (unpaired) electrons. The van der Waals surface area contributed by atoms with Gasteiger partial charge >= 0.3 is 0 Å². The average molecular weight is 268 g/mol. The van der Waals surface area contributed by atoms with Crippen molar-refractivity contribution < 1.29 is 4.74 Å². The summed E-state index contributed by atoms with van der Waals surface area (Å²) < 4.78 is 6.30. The maximum atomic E-state index is 8.93. The number of hydrogen-bond acceptors (Lipinski definition) is 2.